The van der Waals surface area contributed by atoms with Crippen molar-refractivity contribution in [2.75, 3.05) is 11.5 Å². The quantitative estimate of drug-likeness (QED) is 0.649. The average Bonchev–Trinajstić information content (AvgIpc) is 2.78. The topological polar surface area (TPSA) is 140 Å². The van der Waals surface area contributed by atoms with Crippen molar-refractivity contribution in [1.82, 2.24) is 0 Å². The lowest BCUT2D eigenvalue weighted by Gasteiger charge is -2.43. The van der Waals surface area contributed by atoms with Crippen LogP contribution in [0.5, 0.6) is 5.75 Å². The van der Waals surface area contributed by atoms with E-state index in [1.165, 1.54) is 12.1 Å². The van der Waals surface area contributed by atoms with Crippen LogP contribution in [0, 0.1) is 16.7 Å². The van der Waals surface area contributed by atoms with E-state index in [4.69, 9.17) is 15.6 Å². The molecule has 0 amide bonds. The maximum atomic E-state index is 13.6. The van der Waals surface area contributed by atoms with Crippen LogP contribution in [0.3, 0.4) is 0 Å². The fraction of sp³-hybridized carbons (Fsp3) is 0.308. The zero-order valence-electron chi connectivity index (χ0n) is 19.9. The first-order valence-electron chi connectivity index (χ1n) is 11.3. The van der Waals surface area contributed by atoms with Crippen LogP contribution in [-0.4, -0.2) is 20.8 Å². The Labute approximate surface area is 205 Å². The molecule has 4 N–H and O–H groups in total. The molecule has 1 aliphatic heterocycles. The van der Waals surface area contributed by atoms with Crippen molar-refractivity contribution in [2.45, 2.75) is 44.4 Å². The summed E-state index contributed by atoms with van der Waals surface area (Å²) < 4.78 is 29.0. The molecule has 0 fully saturated rings. The molecule has 35 heavy (non-hydrogen) atoms. The predicted octanol–water partition coefficient (Wildman–Crippen LogP) is 3.67. The third-order valence-corrected chi connectivity index (χ3v) is 7.26. The third-order valence-electron chi connectivity index (χ3n) is 6.33. The lowest BCUT2D eigenvalue weighted by molar-refractivity contribution is -0.118. The Morgan fingerprint density at radius 1 is 1.11 bits per heavy atom. The van der Waals surface area contributed by atoms with E-state index in [-0.39, 0.29) is 27.5 Å². The van der Waals surface area contributed by atoms with Crippen molar-refractivity contribution < 1.29 is 17.9 Å². The molecule has 0 radical (unpaired) electrons. The van der Waals surface area contributed by atoms with Crippen LogP contribution in [0.2, 0.25) is 0 Å². The number of ketones is 1. The molecule has 2 aliphatic rings. The number of carbonyl (C=O) groups is 1. The lowest BCUT2D eigenvalue weighted by atomic mass is 9.68. The Kier molecular flexibility index (Phi) is 6.21. The van der Waals surface area contributed by atoms with Gasteiger partial charge in [0.25, 0.3) is 0 Å². The van der Waals surface area contributed by atoms with Crippen LogP contribution < -0.4 is 20.5 Å². The molecule has 4 rings (SSSR count). The monoisotopic (exact) mass is 492 g/mol. The highest BCUT2D eigenvalue weighted by molar-refractivity contribution is 7.89. The van der Waals surface area contributed by atoms with Gasteiger partial charge in [0, 0.05) is 23.4 Å². The number of allylic oxidation sites excluding steroid dienone is 3. The summed E-state index contributed by atoms with van der Waals surface area (Å²) in [5.74, 6) is 0.263. The van der Waals surface area contributed by atoms with Crippen LogP contribution >= 0.6 is 0 Å². The second kappa shape index (κ2) is 8.87. The number of sulfonamides is 1. The molecule has 2 aromatic carbocycles. The molecule has 0 bridgehead atoms. The standard InChI is InChI=1S/C26H28N4O4S/c1-4-34-18-9-5-16(6-10-18)23-20(15-27)25(28)30(17-7-11-19(12-8-17)35(29,32)33)21-13-26(2,3)14-22(31)24(21)23/h5-12,23H,4,13-14,28H2,1-3H3,(H2,29,32,33)/t23-/m0/s1. The Morgan fingerprint density at radius 2 is 1.74 bits per heavy atom. The molecule has 8 nitrogen and oxygen atoms in total. The predicted molar refractivity (Wildman–Crippen MR) is 133 cm³/mol. The fourth-order valence-electron chi connectivity index (χ4n) is 4.85. The Morgan fingerprint density at radius 3 is 2.29 bits per heavy atom. The zero-order chi connectivity index (χ0) is 25.5. The largest absolute Gasteiger partial charge is 0.494 e. The highest BCUT2D eigenvalue weighted by Gasteiger charge is 2.44. The summed E-state index contributed by atoms with van der Waals surface area (Å²) in [6.07, 6.45) is 0.897. The van der Waals surface area contributed by atoms with E-state index in [9.17, 15) is 18.5 Å². The molecule has 9 heteroatoms. The molecule has 0 saturated heterocycles. The van der Waals surface area contributed by atoms with Gasteiger partial charge in [-0.1, -0.05) is 26.0 Å². The molecule has 0 unspecified atom stereocenters. The van der Waals surface area contributed by atoms with Crippen molar-refractivity contribution in [1.29, 1.82) is 5.26 Å². The molecule has 0 saturated carbocycles. The van der Waals surface area contributed by atoms with Gasteiger partial charge in [0.2, 0.25) is 10.0 Å². The van der Waals surface area contributed by atoms with E-state index in [0.29, 0.717) is 42.2 Å². The number of carbonyl (C=O) groups excluding carboxylic acids is 1. The number of hydrogen-bond donors (Lipinski definition) is 2. The second-order valence-corrected chi connectivity index (χ2v) is 11.1. The smallest absolute Gasteiger partial charge is 0.238 e. The van der Waals surface area contributed by atoms with Crippen molar-refractivity contribution in [3.05, 3.63) is 76.8 Å². The number of nitriles is 1. The third kappa shape index (κ3) is 4.55. The first-order valence-corrected chi connectivity index (χ1v) is 12.8. The highest BCUT2D eigenvalue weighted by atomic mass is 32.2. The van der Waals surface area contributed by atoms with Gasteiger partial charge >= 0.3 is 0 Å². The number of hydrogen-bond acceptors (Lipinski definition) is 7. The molecule has 182 valence electrons. The van der Waals surface area contributed by atoms with Gasteiger partial charge < -0.3 is 10.5 Å². The summed E-state index contributed by atoms with van der Waals surface area (Å²) in [5, 5.41) is 15.4. The first kappa shape index (κ1) is 24.5. The molecular weight excluding hydrogens is 464 g/mol. The summed E-state index contributed by atoms with van der Waals surface area (Å²) >= 11 is 0. The van der Waals surface area contributed by atoms with Crippen LogP contribution in [0.25, 0.3) is 0 Å². The number of benzene rings is 2. The Bertz CT molecular complexity index is 1380. The van der Waals surface area contributed by atoms with Gasteiger partial charge in [0.15, 0.2) is 5.78 Å². The zero-order valence-corrected chi connectivity index (χ0v) is 20.7. The molecule has 1 atom stereocenters. The minimum atomic E-state index is -3.87. The second-order valence-electron chi connectivity index (χ2n) is 9.52. The number of nitrogens with two attached hydrogens (primary N) is 2. The van der Waals surface area contributed by atoms with E-state index in [1.807, 2.05) is 45.0 Å². The molecule has 0 aromatic heterocycles. The van der Waals surface area contributed by atoms with Crippen LogP contribution in [0.4, 0.5) is 5.69 Å². The molecular formula is C26H28N4O4S. The number of primary sulfonamides is 1. The first-order chi connectivity index (χ1) is 16.5. The maximum Gasteiger partial charge on any atom is 0.238 e. The number of ether oxygens (including phenoxy) is 1. The maximum absolute atomic E-state index is 13.6. The van der Waals surface area contributed by atoms with Crippen molar-refractivity contribution in [3.8, 4) is 11.8 Å². The van der Waals surface area contributed by atoms with Crippen molar-refractivity contribution >= 4 is 21.5 Å². The summed E-state index contributed by atoms with van der Waals surface area (Å²) in [4.78, 5) is 15.2. The van der Waals surface area contributed by atoms with E-state index in [0.717, 1.165) is 5.56 Å². The van der Waals surface area contributed by atoms with E-state index in [1.54, 1.807) is 17.0 Å². The van der Waals surface area contributed by atoms with Crippen LogP contribution in [0.1, 0.15) is 45.1 Å². The van der Waals surface area contributed by atoms with E-state index < -0.39 is 15.9 Å². The minimum Gasteiger partial charge on any atom is -0.494 e. The number of anilines is 1. The number of nitrogens with zero attached hydrogens (tertiary/aromatic N) is 2. The van der Waals surface area contributed by atoms with Gasteiger partial charge in [-0.05, 0) is 60.7 Å². The average molecular weight is 493 g/mol. The molecule has 1 aliphatic carbocycles. The normalized spacial score (nSPS) is 19.9. The summed E-state index contributed by atoms with van der Waals surface area (Å²) in [6.45, 7) is 6.46. The van der Waals surface area contributed by atoms with Gasteiger partial charge in [-0.25, -0.2) is 13.6 Å². The van der Waals surface area contributed by atoms with Gasteiger partial charge in [-0.3, -0.25) is 9.69 Å². The minimum absolute atomic E-state index is 0.0390. The van der Waals surface area contributed by atoms with Crippen molar-refractivity contribution in [2.24, 2.45) is 16.3 Å². The summed E-state index contributed by atoms with van der Waals surface area (Å²) in [7, 11) is -3.87. The molecule has 0 spiro atoms. The molecule has 1 heterocycles. The van der Waals surface area contributed by atoms with Gasteiger partial charge in [0.1, 0.15) is 11.6 Å². The van der Waals surface area contributed by atoms with Gasteiger partial charge in [0.05, 0.1) is 29.1 Å². The number of Topliss-reactive ketones (excluding diaryl/α,β-unsaturated/α-hetero) is 1. The van der Waals surface area contributed by atoms with Crippen molar-refractivity contribution in [3.63, 3.8) is 0 Å². The van der Waals surface area contributed by atoms with E-state index in [2.05, 4.69) is 6.07 Å². The van der Waals surface area contributed by atoms with E-state index >= 15 is 0 Å². The Hall–Kier alpha value is -3.61. The highest BCUT2D eigenvalue weighted by Crippen LogP contribution is 2.50. The van der Waals surface area contributed by atoms with Gasteiger partial charge in [-0.15, -0.1) is 0 Å². The SMILES string of the molecule is CCOc1ccc([C@H]2C(C#N)=C(N)N(c3ccc(S(N)(=O)=O)cc3)C3=C2C(=O)CC(C)(C)C3)cc1. The number of rotatable bonds is 5. The Balaban J connectivity index is 1.92. The lowest BCUT2D eigenvalue weighted by Crippen LogP contribution is -2.42. The van der Waals surface area contributed by atoms with Gasteiger partial charge in [-0.2, -0.15) is 5.26 Å². The summed E-state index contributed by atoms with van der Waals surface area (Å²) in [5.41, 5.74) is 9.12. The van der Waals surface area contributed by atoms with Crippen LogP contribution in [-0.2, 0) is 14.8 Å². The fourth-order valence-corrected chi connectivity index (χ4v) is 5.36. The summed E-state index contributed by atoms with van der Waals surface area (Å²) in [6, 6.07) is 15.5. The van der Waals surface area contributed by atoms with Crippen LogP contribution in [0.15, 0.2) is 76.1 Å². The molecule has 2 aromatic rings.